The van der Waals surface area contributed by atoms with Crippen molar-refractivity contribution >= 4 is 5.91 Å². The lowest BCUT2D eigenvalue weighted by atomic mass is 9.92. The van der Waals surface area contributed by atoms with Gasteiger partial charge in [-0.2, -0.15) is 0 Å². The summed E-state index contributed by atoms with van der Waals surface area (Å²) >= 11 is 0. The Morgan fingerprint density at radius 3 is 2.94 bits per heavy atom. The number of hydrogen-bond acceptors (Lipinski definition) is 3. The molecule has 1 unspecified atom stereocenters. The summed E-state index contributed by atoms with van der Waals surface area (Å²) in [6.07, 6.45) is 2.45. The van der Waals surface area contributed by atoms with E-state index in [0.717, 1.165) is 32.7 Å². The van der Waals surface area contributed by atoms with E-state index in [1.54, 1.807) is 0 Å². The smallest absolute Gasteiger partial charge is 0.229 e. The molecule has 2 saturated heterocycles. The van der Waals surface area contributed by atoms with E-state index in [2.05, 4.69) is 10.6 Å². The molecule has 4 nitrogen and oxygen atoms in total. The summed E-state index contributed by atoms with van der Waals surface area (Å²) in [6.45, 7) is 8.60. The quantitative estimate of drug-likeness (QED) is 0.705. The molecule has 0 spiro atoms. The summed E-state index contributed by atoms with van der Waals surface area (Å²) in [5, 5.41) is 6.80. The van der Waals surface area contributed by atoms with Gasteiger partial charge in [-0.15, -0.1) is 0 Å². The zero-order chi connectivity index (χ0) is 11.6. The van der Waals surface area contributed by atoms with E-state index >= 15 is 0 Å². The lowest BCUT2D eigenvalue weighted by Gasteiger charge is -2.30. The number of nitrogens with zero attached hydrogens (tertiary/aromatic N) is 1. The second kappa shape index (κ2) is 4.72. The van der Waals surface area contributed by atoms with E-state index in [9.17, 15) is 4.79 Å². The van der Waals surface area contributed by atoms with Crippen LogP contribution in [0.4, 0.5) is 0 Å². The summed E-state index contributed by atoms with van der Waals surface area (Å²) in [4.78, 5) is 14.3. The van der Waals surface area contributed by atoms with E-state index < -0.39 is 0 Å². The molecular formula is C12H23N3O. The average molecular weight is 225 g/mol. The number of carbonyl (C=O) groups is 1. The molecule has 2 fully saturated rings. The second-order valence-corrected chi connectivity index (χ2v) is 5.61. The highest BCUT2D eigenvalue weighted by Crippen LogP contribution is 2.20. The standard InChI is InChI=1S/C12H23N3O/c1-12(2)9-13-6-7-15(11(12)16)8-10-4-3-5-14-10/h10,13-14H,3-9H2,1-2H3. The normalized spacial score (nSPS) is 30.5. The lowest BCUT2D eigenvalue weighted by molar-refractivity contribution is -0.139. The first-order valence-electron chi connectivity index (χ1n) is 6.33. The number of hydrogen-bond donors (Lipinski definition) is 2. The van der Waals surface area contributed by atoms with Crippen LogP contribution >= 0.6 is 0 Å². The Hall–Kier alpha value is -0.610. The van der Waals surface area contributed by atoms with Crippen LogP contribution in [0.3, 0.4) is 0 Å². The molecule has 2 heterocycles. The van der Waals surface area contributed by atoms with Crippen LogP contribution < -0.4 is 10.6 Å². The Balaban J connectivity index is 1.98. The molecule has 2 N–H and O–H groups in total. The molecule has 2 rings (SSSR count). The van der Waals surface area contributed by atoms with Crippen LogP contribution in [0.15, 0.2) is 0 Å². The first-order chi connectivity index (χ1) is 7.59. The first-order valence-corrected chi connectivity index (χ1v) is 6.33. The SMILES string of the molecule is CC1(C)CNCCN(CC2CCCN2)C1=O. The molecule has 0 aromatic carbocycles. The summed E-state index contributed by atoms with van der Waals surface area (Å²) in [6, 6.07) is 0.512. The summed E-state index contributed by atoms with van der Waals surface area (Å²) in [5.74, 6) is 0.297. The second-order valence-electron chi connectivity index (χ2n) is 5.61. The van der Waals surface area contributed by atoms with Crippen LogP contribution in [-0.4, -0.2) is 49.6 Å². The molecule has 16 heavy (non-hydrogen) atoms. The average Bonchev–Trinajstić information content (AvgIpc) is 2.70. The fraction of sp³-hybridized carbons (Fsp3) is 0.917. The maximum atomic E-state index is 12.3. The van der Waals surface area contributed by atoms with Gasteiger partial charge in [0.1, 0.15) is 0 Å². The van der Waals surface area contributed by atoms with Crippen molar-refractivity contribution in [2.24, 2.45) is 5.41 Å². The van der Waals surface area contributed by atoms with Gasteiger partial charge in [0, 0.05) is 32.2 Å². The molecule has 1 amide bonds. The lowest BCUT2D eigenvalue weighted by Crippen LogP contribution is -2.46. The molecule has 4 heteroatoms. The number of carbonyl (C=O) groups excluding carboxylic acids is 1. The van der Waals surface area contributed by atoms with E-state index in [1.807, 2.05) is 18.7 Å². The van der Waals surface area contributed by atoms with Crippen LogP contribution in [0.25, 0.3) is 0 Å². The molecule has 0 aromatic heterocycles. The van der Waals surface area contributed by atoms with E-state index in [4.69, 9.17) is 0 Å². The van der Waals surface area contributed by atoms with Crippen molar-refractivity contribution in [3.63, 3.8) is 0 Å². The van der Waals surface area contributed by atoms with Crippen LogP contribution in [-0.2, 0) is 4.79 Å². The molecule has 0 saturated carbocycles. The molecule has 2 aliphatic rings. The van der Waals surface area contributed by atoms with Gasteiger partial charge in [0.25, 0.3) is 0 Å². The minimum absolute atomic E-state index is 0.255. The fourth-order valence-corrected chi connectivity index (χ4v) is 2.57. The minimum atomic E-state index is -0.255. The number of amides is 1. The topological polar surface area (TPSA) is 44.4 Å². The van der Waals surface area contributed by atoms with Gasteiger partial charge in [0.05, 0.1) is 5.41 Å². The van der Waals surface area contributed by atoms with Gasteiger partial charge in [-0.05, 0) is 33.2 Å². The molecule has 2 aliphatic heterocycles. The first kappa shape index (κ1) is 11.9. The Labute approximate surface area is 97.8 Å². The van der Waals surface area contributed by atoms with E-state index in [0.29, 0.717) is 11.9 Å². The summed E-state index contributed by atoms with van der Waals surface area (Å²) in [5.41, 5.74) is -0.255. The number of nitrogens with one attached hydrogen (secondary N) is 2. The summed E-state index contributed by atoms with van der Waals surface area (Å²) in [7, 11) is 0. The summed E-state index contributed by atoms with van der Waals surface area (Å²) < 4.78 is 0. The van der Waals surface area contributed by atoms with Crippen LogP contribution in [0.2, 0.25) is 0 Å². The zero-order valence-corrected chi connectivity index (χ0v) is 10.4. The van der Waals surface area contributed by atoms with Gasteiger partial charge in [0.2, 0.25) is 5.91 Å². The van der Waals surface area contributed by atoms with Crippen molar-refractivity contribution in [1.82, 2.24) is 15.5 Å². The highest BCUT2D eigenvalue weighted by atomic mass is 16.2. The van der Waals surface area contributed by atoms with Gasteiger partial charge < -0.3 is 15.5 Å². The molecule has 0 radical (unpaired) electrons. The minimum Gasteiger partial charge on any atom is -0.339 e. The molecule has 0 bridgehead atoms. The molecule has 0 aliphatic carbocycles. The van der Waals surface area contributed by atoms with Crippen molar-refractivity contribution in [2.75, 3.05) is 32.7 Å². The van der Waals surface area contributed by atoms with Crippen molar-refractivity contribution in [3.05, 3.63) is 0 Å². The van der Waals surface area contributed by atoms with Crippen molar-refractivity contribution in [1.29, 1.82) is 0 Å². The Bertz CT molecular complexity index is 259. The van der Waals surface area contributed by atoms with Crippen LogP contribution in [0, 0.1) is 5.41 Å². The van der Waals surface area contributed by atoms with Gasteiger partial charge >= 0.3 is 0 Å². The third kappa shape index (κ3) is 2.55. The largest absolute Gasteiger partial charge is 0.339 e. The molecule has 92 valence electrons. The Morgan fingerprint density at radius 2 is 2.25 bits per heavy atom. The monoisotopic (exact) mass is 225 g/mol. The molecular weight excluding hydrogens is 202 g/mol. The van der Waals surface area contributed by atoms with Crippen LogP contribution in [0.1, 0.15) is 26.7 Å². The van der Waals surface area contributed by atoms with Crippen molar-refractivity contribution in [3.8, 4) is 0 Å². The number of rotatable bonds is 2. The maximum Gasteiger partial charge on any atom is 0.229 e. The van der Waals surface area contributed by atoms with Crippen LogP contribution in [0.5, 0.6) is 0 Å². The maximum absolute atomic E-state index is 12.3. The van der Waals surface area contributed by atoms with Gasteiger partial charge in [0.15, 0.2) is 0 Å². The molecule has 1 atom stereocenters. The van der Waals surface area contributed by atoms with Crippen molar-refractivity contribution in [2.45, 2.75) is 32.7 Å². The van der Waals surface area contributed by atoms with Crippen molar-refractivity contribution < 1.29 is 4.79 Å². The highest BCUT2D eigenvalue weighted by Gasteiger charge is 2.34. The third-order valence-corrected chi connectivity index (χ3v) is 3.59. The van der Waals surface area contributed by atoms with Gasteiger partial charge in [-0.25, -0.2) is 0 Å². The predicted octanol–water partition coefficient (Wildman–Crippen LogP) is 0.196. The molecule has 0 aromatic rings. The highest BCUT2D eigenvalue weighted by molar-refractivity contribution is 5.82. The van der Waals surface area contributed by atoms with E-state index in [1.165, 1.54) is 12.8 Å². The Morgan fingerprint density at radius 1 is 1.44 bits per heavy atom. The van der Waals surface area contributed by atoms with Gasteiger partial charge in [-0.3, -0.25) is 4.79 Å². The van der Waals surface area contributed by atoms with E-state index in [-0.39, 0.29) is 5.41 Å². The predicted molar refractivity (Wildman–Crippen MR) is 64.3 cm³/mol. The zero-order valence-electron chi connectivity index (χ0n) is 10.4. The third-order valence-electron chi connectivity index (χ3n) is 3.59. The fourth-order valence-electron chi connectivity index (χ4n) is 2.57. The Kier molecular flexibility index (Phi) is 3.50. The van der Waals surface area contributed by atoms with Gasteiger partial charge in [-0.1, -0.05) is 0 Å².